The maximum absolute atomic E-state index is 11.2. The molecule has 0 aliphatic carbocycles. The van der Waals surface area contributed by atoms with Crippen LogP contribution in [-0.4, -0.2) is 10.5 Å². The number of amides is 1. The quantitative estimate of drug-likeness (QED) is 0.733. The Bertz CT molecular complexity index is 317. The van der Waals surface area contributed by atoms with Crippen LogP contribution < -0.4 is 5.73 Å². The van der Waals surface area contributed by atoms with Crippen molar-refractivity contribution >= 4 is 5.91 Å². The molecule has 0 bridgehead atoms. The van der Waals surface area contributed by atoms with Gasteiger partial charge in [-0.15, -0.1) is 0 Å². The molecule has 0 aliphatic heterocycles. The summed E-state index contributed by atoms with van der Waals surface area (Å²) in [5.41, 5.74) is 6.81. The van der Waals surface area contributed by atoms with Gasteiger partial charge in [0.2, 0.25) is 5.91 Å². The molecule has 2 N–H and O–H groups in total. The van der Waals surface area contributed by atoms with Crippen LogP contribution in [0.1, 0.15) is 25.2 Å². The third-order valence-electron chi connectivity index (χ3n) is 2.43. The van der Waals surface area contributed by atoms with Gasteiger partial charge >= 0.3 is 0 Å². The van der Waals surface area contributed by atoms with Crippen molar-refractivity contribution in [2.75, 3.05) is 0 Å². The Kier molecular flexibility index (Phi) is 2.20. The van der Waals surface area contributed by atoms with Gasteiger partial charge in [0, 0.05) is 11.4 Å². The molecule has 0 spiro atoms. The predicted octanol–water partition coefficient (Wildman–Crippen LogP) is 1.33. The zero-order valence-electron chi connectivity index (χ0n) is 8.59. The second-order valence-electron chi connectivity index (χ2n) is 3.87. The van der Waals surface area contributed by atoms with Crippen LogP contribution in [0, 0.1) is 13.8 Å². The first-order chi connectivity index (χ1) is 5.87. The first-order valence-corrected chi connectivity index (χ1v) is 4.32. The highest BCUT2D eigenvalue weighted by atomic mass is 16.1. The first-order valence-electron chi connectivity index (χ1n) is 4.32. The van der Waals surface area contributed by atoms with Crippen LogP contribution in [-0.2, 0) is 10.3 Å². The molecule has 3 heteroatoms. The lowest BCUT2D eigenvalue weighted by molar-refractivity contribution is -0.125. The fourth-order valence-corrected chi connectivity index (χ4v) is 1.66. The van der Waals surface area contributed by atoms with Gasteiger partial charge in [0.25, 0.3) is 0 Å². The third-order valence-corrected chi connectivity index (χ3v) is 2.43. The highest BCUT2D eigenvalue weighted by molar-refractivity contribution is 5.82. The van der Waals surface area contributed by atoms with Gasteiger partial charge in [0.15, 0.2) is 0 Å². The molecule has 0 unspecified atom stereocenters. The van der Waals surface area contributed by atoms with E-state index in [1.165, 1.54) is 0 Å². The topological polar surface area (TPSA) is 48.0 Å². The number of hydrogen-bond acceptors (Lipinski definition) is 1. The normalized spacial score (nSPS) is 11.7. The fourth-order valence-electron chi connectivity index (χ4n) is 1.66. The Morgan fingerprint density at radius 3 is 2.00 bits per heavy atom. The number of carbonyl (C=O) groups is 1. The molecular weight excluding hydrogens is 164 g/mol. The van der Waals surface area contributed by atoms with Crippen molar-refractivity contribution in [1.82, 2.24) is 4.57 Å². The molecule has 3 nitrogen and oxygen atoms in total. The number of hydrogen-bond donors (Lipinski definition) is 1. The summed E-state index contributed by atoms with van der Waals surface area (Å²) >= 11 is 0. The molecule has 1 rings (SSSR count). The Morgan fingerprint density at radius 2 is 1.69 bits per heavy atom. The number of aryl methyl sites for hydroxylation is 2. The van der Waals surface area contributed by atoms with Gasteiger partial charge in [0.05, 0.1) is 0 Å². The molecule has 1 aromatic rings. The van der Waals surface area contributed by atoms with E-state index in [2.05, 4.69) is 0 Å². The minimum atomic E-state index is -0.641. The highest BCUT2D eigenvalue weighted by Gasteiger charge is 2.28. The number of aromatic nitrogens is 1. The van der Waals surface area contributed by atoms with Crippen molar-refractivity contribution in [3.05, 3.63) is 23.5 Å². The minimum Gasteiger partial charge on any atom is -0.368 e. The monoisotopic (exact) mass is 180 g/mol. The molecule has 0 fully saturated rings. The average Bonchev–Trinajstić information content (AvgIpc) is 2.30. The standard InChI is InChI=1S/C10H16N2O/c1-7-5-6-8(2)12(7)10(3,4)9(11)13/h5-6H,1-4H3,(H2,11,13). The molecule has 13 heavy (non-hydrogen) atoms. The molecule has 0 atom stereocenters. The van der Waals surface area contributed by atoms with E-state index in [1.54, 1.807) is 0 Å². The Balaban J connectivity index is 3.28. The van der Waals surface area contributed by atoms with Gasteiger partial charge in [-0.1, -0.05) is 0 Å². The van der Waals surface area contributed by atoms with E-state index in [-0.39, 0.29) is 5.91 Å². The molecule has 0 saturated carbocycles. The first kappa shape index (κ1) is 9.84. The summed E-state index contributed by atoms with van der Waals surface area (Å²) in [6.45, 7) is 7.60. The zero-order chi connectivity index (χ0) is 10.2. The van der Waals surface area contributed by atoms with E-state index in [0.29, 0.717) is 0 Å². The SMILES string of the molecule is Cc1ccc(C)n1C(C)(C)C(N)=O. The van der Waals surface area contributed by atoms with Crippen molar-refractivity contribution in [2.45, 2.75) is 33.2 Å². The second kappa shape index (κ2) is 2.91. The van der Waals surface area contributed by atoms with Crippen molar-refractivity contribution in [2.24, 2.45) is 5.73 Å². The van der Waals surface area contributed by atoms with E-state index >= 15 is 0 Å². The number of rotatable bonds is 2. The summed E-state index contributed by atoms with van der Waals surface area (Å²) in [5.74, 6) is -0.310. The molecule has 0 saturated heterocycles. The van der Waals surface area contributed by atoms with Crippen LogP contribution in [0.25, 0.3) is 0 Å². The molecule has 1 aromatic heterocycles. The third kappa shape index (κ3) is 1.46. The van der Waals surface area contributed by atoms with Crippen LogP contribution >= 0.6 is 0 Å². The summed E-state index contributed by atoms with van der Waals surface area (Å²) in [5, 5.41) is 0. The maximum atomic E-state index is 11.2. The van der Waals surface area contributed by atoms with Crippen LogP contribution in [0.5, 0.6) is 0 Å². The average molecular weight is 180 g/mol. The fraction of sp³-hybridized carbons (Fsp3) is 0.500. The molecule has 0 aliphatic rings. The smallest absolute Gasteiger partial charge is 0.243 e. The number of nitrogens with zero attached hydrogens (tertiary/aromatic N) is 1. The number of primary amides is 1. The summed E-state index contributed by atoms with van der Waals surface area (Å²) in [6.07, 6.45) is 0. The summed E-state index contributed by atoms with van der Waals surface area (Å²) in [4.78, 5) is 11.2. The largest absolute Gasteiger partial charge is 0.368 e. The van der Waals surface area contributed by atoms with E-state index in [1.807, 2.05) is 44.4 Å². The van der Waals surface area contributed by atoms with E-state index < -0.39 is 5.54 Å². The van der Waals surface area contributed by atoms with Crippen molar-refractivity contribution in [3.63, 3.8) is 0 Å². The highest BCUT2D eigenvalue weighted by Crippen LogP contribution is 2.20. The maximum Gasteiger partial charge on any atom is 0.243 e. The van der Waals surface area contributed by atoms with Crippen molar-refractivity contribution in [1.29, 1.82) is 0 Å². The van der Waals surface area contributed by atoms with Gasteiger partial charge in [-0.25, -0.2) is 0 Å². The van der Waals surface area contributed by atoms with E-state index in [9.17, 15) is 4.79 Å². The van der Waals surface area contributed by atoms with Gasteiger partial charge in [-0.05, 0) is 39.8 Å². The van der Waals surface area contributed by atoms with E-state index in [4.69, 9.17) is 5.73 Å². The lowest BCUT2D eigenvalue weighted by atomic mass is 10.0. The minimum absolute atomic E-state index is 0.310. The lowest BCUT2D eigenvalue weighted by Gasteiger charge is -2.26. The van der Waals surface area contributed by atoms with Crippen LogP contribution in [0.4, 0.5) is 0 Å². The number of carbonyl (C=O) groups excluding carboxylic acids is 1. The zero-order valence-corrected chi connectivity index (χ0v) is 8.59. The molecule has 72 valence electrons. The van der Waals surface area contributed by atoms with Gasteiger partial charge < -0.3 is 10.3 Å². The molecule has 1 heterocycles. The summed E-state index contributed by atoms with van der Waals surface area (Å²) in [7, 11) is 0. The van der Waals surface area contributed by atoms with Crippen LogP contribution in [0.15, 0.2) is 12.1 Å². The van der Waals surface area contributed by atoms with Gasteiger partial charge in [-0.3, -0.25) is 4.79 Å². The molecule has 0 aromatic carbocycles. The Morgan fingerprint density at radius 1 is 1.31 bits per heavy atom. The summed E-state index contributed by atoms with van der Waals surface area (Å²) in [6, 6.07) is 3.97. The number of nitrogens with two attached hydrogens (primary N) is 1. The van der Waals surface area contributed by atoms with Crippen molar-refractivity contribution in [3.8, 4) is 0 Å². The van der Waals surface area contributed by atoms with Crippen molar-refractivity contribution < 1.29 is 4.79 Å². The summed E-state index contributed by atoms with van der Waals surface area (Å²) < 4.78 is 1.95. The van der Waals surface area contributed by atoms with E-state index in [0.717, 1.165) is 11.4 Å². The van der Waals surface area contributed by atoms with Gasteiger partial charge in [-0.2, -0.15) is 0 Å². The molecule has 0 radical (unpaired) electrons. The van der Waals surface area contributed by atoms with Crippen LogP contribution in [0.2, 0.25) is 0 Å². The second-order valence-corrected chi connectivity index (χ2v) is 3.87. The molecule has 1 amide bonds. The predicted molar refractivity (Wildman–Crippen MR) is 52.4 cm³/mol. The Hall–Kier alpha value is -1.25. The lowest BCUT2D eigenvalue weighted by Crippen LogP contribution is -2.42. The van der Waals surface area contributed by atoms with Crippen LogP contribution in [0.3, 0.4) is 0 Å². The molecular formula is C10H16N2O. The Labute approximate surface area is 78.5 Å². The van der Waals surface area contributed by atoms with Gasteiger partial charge in [0.1, 0.15) is 5.54 Å².